The van der Waals surface area contributed by atoms with Gasteiger partial charge in [0, 0.05) is 20.6 Å². The molecule has 0 aliphatic rings. The summed E-state index contributed by atoms with van der Waals surface area (Å²) in [6, 6.07) is 4.11. The highest BCUT2D eigenvalue weighted by molar-refractivity contribution is 7.89. The van der Waals surface area contributed by atoms with Crippen molar-refractivity contribution < 1.29 is 17.9 Å². The number of nitrogens with two attached hydrogens (primary N) is 1. The largest absolute Gasteiger partial charge is 0.397 e. The maximum Gasteiger partial charge on any atom is 0.240 e. The van der Waals surface area contributed by atoms with Crippen molar-refractivity contribution in [2.75, 3.05) is 31.3 Å². The minimum atomic E-state index is -3.62. The molecule has 0 spiro atoms. The van der Waals surface area contributed by atoms with E-state index >= 15 is 0 Å². The summed E-state index contributed by atoms with van der Waals surface area (Å²) >= 11 is 0. The van der Waals surface area contributed by atoms with Crippen LogP contribution in [0.3, 0.4) is 0 Å². The van der Waals surface area contributed by atoms with Gasteiger partial charge in [-0.15, -0.1) is 0 Å². The lowest BCUT2D eigenvalue weighted by molar-refractivity contribution is -0.114. The van der Waals surface area contributed by atoms with Crippen LogP contribution in [0.4, 0.5) is 11.4 Å². The Labute approximate surface area is 112 Å². The fourth-order valence-corrected chi connectivity index (χ4v) is 2.42. The molecule has 0 saturated carbocycles. The molecule has 1 rings (SSSR count). The Morgan fingerprint density at radius 2 is 2.11 bits per heavy atom. The Morgan fingerprint density at radius 3 is 2.63 bits per heavy atom. The third kappa shape index (κ3) is 4.51. The molecule has 4 N–H and O–H groups in total. The number of hydrogen-bond donors (Lipinski definition) is 3. The van der Waals surface area contributed by atoms with Crippen LogP contribution in [0.1, 0.15) is 6.92 Å². The van der Waals surface area contributed by atoms with Crippen LogP contribution in [0.2, 0.25) is 0 Å². The third-order valence-electron chi connectivity index (χ3n) is 2.24. The molecule has 0 aliphatic carbocycles. The van der Waals surface area contributed by atoms with E-state index in [-0.39, 0.29) is 29.6 Å². The van der Waals surface area contributed by atoms with Gasteiger partial charge < -0.3 is 15.8 Å². The van der Waals surface area contributed by atoms with Gasteiger partial charge in [0.05, 0.1) is 22.9 Å². The van der Waals surface area contributed by atoms with Crippen molar-refractivity contribution in [1.82, 2.24) is 4.72 Å². The summed E-state index contributed by atoms with van der Waals surface area (Å²) < 4.78 is 30.9. The van der Waals surface area contributed by atoms with Crippen molar-refractivity contribution in [3.8, 4) is 0 Å². The molecule has 0 aromatic heterocycles. The maximum absolute atomic E-state index is 11.9. The van der Waals surface area contributed by atoms with Crippen LogP contribution >= 0.6 is 0 Å². The molecule has 0 saturated heterocycles. The fraction of sp³-hybridized carbons (Fsp3) is 0.364. The van der Waals surface area contributed by atoms with E-state index in [0.29, 0.717) is 5.69 Å². The average Bonchev–Trinajstić information content (AvgIpc) is 2.31. The number of methoxy groups -OCH3 is 1. The Balaban J connectivity index is 2.90. The first-order valence-electron chi connectivity index (χ1n) is 5.52. The molecule has 0 fully saturated rings. The lowest BCUT2D eigenvalue weighted by Crippen LogP contribution is -2.27. The second-order valence-corrected chi connectivity index (χ2v) is 5.59. The van der Waals surface area contributed by atoms with Gasteiger partial charge in [-0.1, -0.05) is 0 Å². The van der Waals surface area contributed by atoms with Crippen LogP contribution in [0.25, 0.3) is 0 Å². The number of sulfonamides is 1. The normalized spacial score (nSPS) is 11.3. The molecule has 1 aromatic rings. The molecule has 0 aliphatic heterocycles. The molecule has 0 unspecified atom stereocenters. The summed E-state index contributed by atoms with van der Waals surface area (Å²) in [5.74, 6) is -0.277. The number of amides is 1. The molecule has 0 radical (unpaired) electrons. The molecule has 1 amide bonds. The first kappa shape index (κ1) is 15.4. The van der Waals surface area contributed by atoms with Gasteiger partial charge in [-0.3, -0.25) is 4.79 Å². The number of ether oxygens (including phenoxy) is 1. The van der Waals surface area contributed by atoms with Crippen LogP contribution in [0.5, 0.6) is 0 Å². The molecule has 19 heavy (non-hydrogen) atoms. The minimum Gasteiger partial charge on any atom is -0.397 e. The zero-order valence-electron chi connectivity index (χ0n) is 10.8. The molecule has 0 heterocycles. The van der Waals surface area contributed by atoms with Gasteiger partial charge in [-0.05, 0) is 18.2 Å². The molecule has 7 nitrogen and oxygen atoms in total. The Morgan fingerprint density at radius 1 is 1.42 bits per heavy atom. The molecule has 1 aromatic carbocycles. The molecule has 8 heteroatoms. The predicted molar refractivity (Wildman–Crippen MR) is 72.2 cm³/mol. The van der Waals surface area contributed by atoms with Gasteiger partial charge >= 0.3 is 0 Å². The van der Waals surface area contributed by atoms with Crippen LogP contribution in [0, 0.1) is 0 Å². The predicted octanol–water partition coefficient (Wildman–Crippen LogP) is 0.152. The van der Waals surface area contributed by atoms with E-state index in [4.69, 9.17) is 10.5 Å². The molecule has 0 atom stereocenters. The quantitative estimate of drug-likeness (QED) is 0.509. The molecule has 0 bridgehead atoms. The van der Waals surface area contributed by atoms with E-state index in [1.807, 2.05) is 0 Å². The smallest absolute Gasteiger partial charge is 0.240 e. The first-order chi connectivity index (χ1) is 8.86. The summed E-state index contributed by atoms with van der Waals surface area (Å²) in [7, 11) is -2.14. The highest BCUT2D eigenvalue weighted by atomic mass is 32.2. The van der Waals surface area contributed by atoms with E-state index in [0.717, 1.165) is 0 Å². The highest BCUT2D eigenvalue weighted by Crippen LogP contribution is 2.22. The minimum absolute atomic E-state index is 0.0372. The van der Waals surface area contributed by atoms with E-state index < -0.39 is 10.0 Å². The zero-order chi connectivity index (χ0) is 14.5. The summed E-state index contributed by atoms with van der Waals surface area (Å²) in [5, 5.41) is 2.50. The van der Waals surface area contributed by atoms with Gasteiger partial charge in [0.2, 0.25) is 15.9 Å². The van der Waals surface area contributed by atoms with E-state index in [1.54, 1.807) is 0 Å². The number of rotatable bonds is 6. The zero-order valence-corrected chi connectivity index (χ0v) is 11.6. The third-order valence-corrected chi connectivity index (χ3v) is 3.70. The monoisotopic (exact) mass is 287 g/mol. The summed E-state index contributed by atoms with van der Waals surface area (Å²) in [6.07, 6.45) is 0. The van der Waals surface area contributed by atoms with E-state index in [2.05, 4.69) is 10.0 Å². The van der Waals surface area contributed by atoms with Crippen molar-refractivity contribution in [2.45, 2.75) is 11.8 Å². The van der Waals surface area contributed by atoms with Crippen LogP contribution in [0.15, 0.2) is 23.1 Å². The Kier molecular flexibility index (Phi) is 5.28. The Hall–Kier alpha value is -1.64. The molecule has 106 valence electrons. The number of carbonyl (C=O) groups is 1. The maximum atomic E-state index is 11.9. The average molecular weight is 287 g/mol. The van der Waals surface area contributed by atoms with E-state index in [9.17, 15) is 13.2 Å². The van der Waals surface area contributed by atoms with Crippen molar-refractivity contribution >= 4 is 27.3 Å². The number of benzene rings is 1. The number of carbonyl (C=O) groups excluding carboxylic acids is 1. The van der Waals surface area contributed by atoms with Gasteiger partial charge in [-0.2, -0.15) is 0 Å². The first-order valence-corrected chi connectivity index (χ1v) is 7.01. The second-order valence-electron chi connectivity index (χ2n) is 3.82. The SMILES string of the molecule is COCCNS(=O)(=O)c1ccc(NC(C)=O)c(N)c1. The molecular formula is C11H17N3O4S. The standard InChI is InChI=1S/C11H17N3O4S/c1-8(15)14-11-4-3-9(7-10(11)12)19(16,17)13-5-6-18-2/h3-4,7,13H,5-6,12H2,1-2H3,(H,14,15). The fourth-order valence-electron chi connectivity index (χ4n) is 1.37. The number of nitrogens with one attached hydrogen (secondary N) is 2. The van der Waals surface area contributed by atoms with Gasteiger partial charge in [0.25, 0.3) is 0 Å². The number of nitrogen functional groups attached to an aromatic ring is 1. The Bertz CT molecular complexity index is 557. The topological polar surface area (TPSA) is 111 Å². The van der Waals surface area contributed by atoms with Crippen LogP contribution < -0.4 is 15.8 Å². The highest BCUT2D eigenvalue weighted by Gasteiger charge is 2.15. The summed E-state index contributed by atoms with van der Waals surface area (Å²) in [4.78, 5) is 10.9. The summed E-state index contributed by atoms with van der Waals surface area (Å²) in [5.41, 5.74) is 6.25. The second kappa shape index (κ2) is 6.50. The van der Waals surface area contributed by atoms with Gasteiger partial charge in [0.1, 0.15) is 0 Å². The lowest BCUT2D eigenvalue weighted by atomic mass is 10.2. The van der Waals surface area contributed by atoms with E-state index in [1.165, 1.54) is 32.2 Å². The van der Waals surface area contributed by atoms with Crippen LogP contribution in [-0.2, 0) is 19.6 Å². The van der Waals surface area contributed by atoms with Crippen molar-refractivity contribution in [2.24, 2.45) is 0 Å². The van der Waals surface area contributed by atoms with Crippen molar-refractivity contribution in [3.63, 3.8) is 0 Å². The number of anilines is 2. The van der Waals surface area contributed by atoms with Crippen molar-refractivity contribution in [3.05, 3.63) is 18.2 Å². The summed E-state index contributed by atoms with van der Waals surface area (Å²) in [6.45, 7) is 1.79. The lowest BCUT2D eigenvalue weighted by Gasteiger charge is -2.10. The molecular weight excluding hydrogens is 270 g/mol. The van der Waals surface area contributed by atoms with Gasteiger partial charge in [0.15, 0.2) is 0 Å². The van der Waals surface area contributed by atoms with Gasteiger partial charge in [-0.25, -0.2) is 13.1 Å². The van der Waals surface area contributed by atoms with Crippen LogP contribution in [-0.4, -0.2) is 34.6 Å². The number of hydrogen-bond acceptors (Lipinski definition) is 5. The van der Waals surface area contributed by atoms with Crippen molar-refractivity contribution in [1.29, 1.82) is 0 Å².